The zero-order valence-electron chi connectivity index (χ0n) is 11.7. The van der Waals surface area contributed by atoms with Crippen molar-refractivity contribution < 1.29 is 9.72 Å². The predicted octanol–water partition coefficient (Wildman–Crippen LogP) is 2.01. The second kappa shape index (κ2) is 7.95. The lowest BCUT2D eigenvalue weighted by atomic mass is 9.95. The fourth-order valence-corrected chi connectivity index (χ4v) is 2.72. The van der Waals surface area contributed by atoms with Crippen LogP contribution in [0.2, 0.25) is 0 Å². The molecular weight excluding hydrogens is 294 g/mol. The fourth-order valence-electron chi connectivity index (χ4n) is 2.72. The van der Waals surface area contributed by atoms with E-state index in [1.165, 1.54) is 12.1 Å². The summed E-state index contributed by atoms with van der Waals surface area (Å²) in [6, 6.07) is 6.21. The largest absolute Gasteiger partial charge is 0.352 e. The van der Waals surface area contributed by atoms with E-state index in [0.717, 1.165) is 24.8 Å². The standard InChI is InChI=1S/C14H19N3O3.ClH/c15-8-11-2-1-3-13(11)14(18)16-9-10-4-6-12(7-5-10)17(19)20;/h4-7,11,13H,1-3,8-9,15H2,(H,16,18);1H/t11-,13-;/m1./s1. The van der Waals surface area contributed by atoms with Gasteiger partial charge in [0, 0.05) is 24.6 Å². The van der Waals surface area contributed by atoms with E-state index < -0.39 is 4.92 Å². The lowest BCUT2D eigenvalue weighted by molar-refractivity contribution is -0.384. The Hall–Kier alpha value is -1.66. The van der Waals surface area contributed by atoms with Crippen molar-refractivity contribution in [2.75, 3.05) is 6.54 Å². The van der Waals surface area contributed by atoms with Crippen molar-refractivity contribution in [3.8, 4) is 0 Å². The number of nitro benzene ring substituents is 1. The van der Waals surface area contributed by atoms with Crippen molar-refractivity contribution in [1.29, 1.82) is 0 Å². The third-order valence-electron chi connectivity index (χ3n) is 3.91. The number of halogens is 1. The van der Waals surface area contributed by atoms with E-state index >= 15 is 0 Å². The minimum Gasteiger partial charge on any atom is -0.352 e. The lowest BCUT2D eigenvalue weighted by Gasteiger charge is -2.17. The Morgan fingerprint density at radius 3 is 2.57 bits per heavy atom. The molecule has 7 heteroatoms. The van der Waals surface area contributed by atoms with Crippen molar-refractivity contribution in [2.45, 2.75) is 25.8 Å². The average molecular weight is 314 g/mol. The van der Waals surface area contributed by atoms with Crippen LogP contribution in [0.25, 0.3) is 0 Å². The minimum absolute atomic E-state index is 0. The fraction of sp³-hybridized carbons (Fsp3) is 0.500. The first-order valence-corrected chi connectivity index (χ1v) is 6.83. The smallest absolute Gasteiger partial charge is 0.269 e. The van der Waals surface area contributed by atoms with Gasteiger partial charge in [-0.15, -0.1) is 12.4 Å². The molecule has 3 N–H and O–H groups in total. The highest BCUT2D eigenvalue weighted by Gasteiger charge is 2.31. The summed E-state index contributed by atoms with van der Waals surface area (Å²) in [4.78, 5) is 22.2. The number of hydrogen-bond acceptors (Lipinski definition) is 4. The summed E-state index contributed by atoms with van der Waals surface area (Å²) in [5.41, 5.74) is 6.58. The van der Waals surface area contributed by atoms with Gasteiger partial charge in [0.2, 0.25) is 5.91 Å². The zero-order valence-corrected chi connectivity index (χ0v) is 12.5. The third kappa shape index (κ3) is 4.41. The Morgan fingerprint density at radius 1 is 1.33 bits per heavy atom. The van der Waals surface area contributed by atoms with Gasteiger partial charge < -0.3 is 11.1 Å². The molecule has 1 aromatic rings. The van der Waals surface area contributed by atoms with Crippen molar-refractivity contribution >= 4 is 24.0 Å². The molecule has 0 unspecified atom stereocenters. The molecule has 1 saturated carbocycles. The van der Waals surface area contributed by atoms with Crippen molar-refractivity contribution in [3.63, 3.8) is 0 Å². The topological polar surface area (TPSA) is 98.3 Å². The maximum Gasteiger partial charge on any atom is 0.269 e. The summed E-state index contributed by atoms with van der Waals surface area (Å²) in [7, 11) is 0. The summed E-state index contributed by atoms with van der Waals surface area (Å²) in [5, 5.41) is 13.4. The molecule has 0 spiro atoms. The number of hydrogen-bond donors (Lipinski definition) is 2. The molecule has 2 rings (SSSR count). The highest BCUT2D eigenvalue weighted by molar-refractivity contribution is 5.85. The molecule has 1 fully saturated rings. The number of amides is 1. The van der Waals surface area contributed by atoms with Crippen LogP contribution in [0, 0.1) is 22.0 Å². The molecular formula is C14H20ClN3O3. The second-order valence-electron chi connectivity index (χ2n) is 5.17. The average Bonchev–Trinajstić information content (AvgIpc) is 2.93. The Bertz CT molecular complexity index is 493. The SMILES string of the molecule is Cl.NC[C@H]1CCC[C@H]1C(=O)NCc1ccc([N+](=O)[O-])cc1. The van der Waals surface area contributed by atoms with Crippen LogP contribution < -0.4 is 11.1 Å². The molecule has 6 nitrogen and oxygen atoms in total. The molecule has 0 radical (unpaired) electrons. The van der Waals surface area contributed by atoms with Gasteiger partial charge in [0.25, 0.3) is 5.69 Å². The first kappa shape index (κ1) is 17.4. The van der Waals surface area contributed by atoms with Gasteiger partial charge >= 0.3 is 0 Å². The number of nitrogens with zero attached hydrogens (tertiary/aromatic N) is 1. The van der Waals surface area contributed by atoms with Crippen LogP contribution in [-0.4, -0.2) is 17.4 Å². The quantitative estimate of drug-likeness (QED) is 0.641. The van der Waals surface area contributed by atoms with Crippen LogP contribution in [0.15, 0.2) is 24.3 Å². The van der Waals surface area contributed by atoms with Crippen LogP contribution >= 0.6 is 12.4 Å². The van der Waals surface area contributed by atoms with Crippen LogP contribution in [0.1, 0.15) is 24.8 Å². The highest BCUT2D eigenvalue weighted by atomic mass is 35.5. The maximum atomic E-state index is 12.1. The van der Waals surface area contributed by atoms with E-state index in [1.807, 2.05) is 0 Å². The summed E-state index contributed by atoms with van der Waals surface area (Å²) < 4.78 is 0. The zero-order chi connectivity index (χ0) is 14.5. The van der Waals surface area contributed by atoms with Crippen LogP contribution in [0.3, 0.4) is 0 Å². The van der Waals surface area contributed by atoms with Gasteiger partial charge in [-0.05, 0) is 30.9 Å². The Kier molecular flexibility index (Phi) is 6.58. The number of nitrogens with one attached hydrogen (secondary N) is 1. The first-order chi connectivity index (χ1) is 9.61. The van der Waals surface area contributed by atoms with Crippen molar-refractivity contribution in [3.05, 3.63) is 39.9 Å². The summed E-state index contributed by atoms with van der Waals surface area (Å²) in [5.74, 6) is 0.334. The van der Waals surface area contributed by atoms with E-state index in [0.29, 0.717) is 13.1 Å². The Labute approximate surface area is 129 Å². The second-order valence-corrected chi connectivity index (χ2v) is 5.17. The summed E-state index contributed by atoms with van der Waals surface area (Å²) in [6.07, 6.45) is 2.97. The summed E-state index contributed by atoms with van der Waals surface area (Å²) >= 11 is 0. The minimum atomic E-state index is -0.438. The maximum absolute atomic E-state index is 12.1. The number of carbonyl (C=O) groups excluding carboxylic acids is 1. The molecule has 0 heterocycles. The molecule has 1 aliphatic carbocycles. The molecule has 1 aliphatic rings. The Balaban J connectivity index is 0.00000220. The van der Waals surface area contributed by atoms with E-state index in [9.17, 15) is 14.9 Å². The molecule has 0 aliphatic heterocycles. The predicted molar refractivity (Wildman–Crippen MR) is 82.1 cm³/mol. The normalized spacial score (nSPS) is 20.6. The monoisotopic (exact) mass is 313 g/mol. The number of nitrogens with two attached hydrogens (primary N) is 1. The highest BCUT2D eigenvalue weighted by Crippen LogP contribution is 2.30. The summed E-state index contributed by atoms with van der Waals surface area (Å²) in [6.45, 7) is 0.945. The molecule has 2 atom stereocenters. The van der Waals surface area contributed by atoms with E-state index in [4.69, 9.17) is 5.73 Å². The lowest BCUT2D eigenvalue weighted by Crippen LogP contribution is -2.34. The van der Waals surface area contributed by atoms with E-state index in [-0.39, 0.29) is 35.8 Å². The first-order valence-electron chi connectivity index (χ1n) is 6.83. The van der Waals surface area contributed by atoms with Crippen LogP contribution in [0.4, 0.5) is 5.69 Å². The van der Waals surface area contributed by atoms with Crippen LogP contribution in [0.5, 0.6) is 0 Å². The van der Waals surface area contributed by atoms with Gasteiger partial charge in [0.15, 0.2) is 0 Å². The number of rotatable bonds is 5. The molecule has 0 aromatic heterocycles. The number of non-ortho nitro benzene ring substituents is 1. The molecule has 1 aromatic carbocycles. The number of benzene rings is 1. The Morgan fingerprint density at radius 2 is 2.00 bits per heavy atom. The van der Waals surface area contributed by atoms with Crippen molar-refractivity contribution in [1.82, 2.24) is 5.32 Å². The van der Waals surface area contributed by atoms with Gasteiger partial charge in [-0.1, -0.05) is 18.6 Å². The van der Waals surface area contributed by atoms with Gasteiger partial charge in [0.05, 0.1) is 4.92 Å². The van der Waals surface area contributed by atoms with Gasteiger partial charge in [0.1, 0.15) is 0 Å². The molecule has 21 heavy (non-hydrogen) atoms. The molecule has 1 amide bonds. The van der Waals surface area contributed by atoms with E-state index in [1.54, 1.807) is 12.1 Å². The van der Waals surface area contributed by atoms with E-state index in [2.05, 4.69) is 5.32 Å². The third-order valence-corrected chi connectivity index (χ3v) is 3.91. The number of nitro groups is 1. The van der Waals surface area contributed by atoms with Gasteiger partial charge in [-0.2, -0.15) is 0 Å². The van der Waals surface area contributed by atoms with Crippen molar-refractivity contribution in [2.24, 2.45) is 17.6 Å². The molecule has 116 valence electrons. The molecule has 0 bridgehead atoms. The van der Waals surface area contributed by atoms with Crippen LogP contribution in [-0.2, 0) is 11.3 Å². The molecule has 0 saturated heterocycles. The van der Waals surface area contributed by atoms with Gasteiger partial charge in [-0.3, -0.25) is 14.9 Å². The van der Waals surface area contributed by atoms with Gasteiger partial charge in [-0.25, -0.2) is 0 Å². The number of carbonyl (C=O) groups is 1.